The number of nitrogen functional groups attached to an aromatic ring is 1. The fraction of sp³-hybridized carbons (Fsp3) is 0.583. The third kappa shape index (κ3) is 4.49. The Morgan fingerprint density at radius 1 is 1.50 bits per heavy atom. The first-order chi connectivity index (χ1) is 7.76. The van der Waals surface area contributed by atoms with Gasteiger partial charge in [-0.05, 0) is 24.8 Å². The molecule has 1 atom stereocenters. The van der Waals surface area contributed by atoms with E-state index in [2.05, 4.69) is 17.2 Å². The van der Waals surface area contributed by atoms with Gasteiger partial charge in [0.05, 0.1) is 0 Å². The van der Waals surface area contributed by atoms with Crippen LogP contribution in [0.5, 0.6) is 0 Å². The van der Waals surface area contributed by atoms with Crippen molar-refractivity contribution in [2.45, 2.75) is 26.2 Å². The average molecular weight is 223 g/mol. The summed E-state index contributed by atoms with van der Waals surface area (Å²) >= 11 is 0. The number of hydrogen-bond acceptors (Lipinski definition) is 4. The van der Waals surface area contributed by atoms with Crippen molar-refractivity contribution in [2.24, 2.45) is 5.92 Å². The molecule has 0 aliphatic heterocycles. The number of aliphatic hydroxyl groups excluding tert-OH is 1. The first-order valence-electron chi connectivity index (χ1n) is 5.82. The molecule has 90 valence electrons. The number of pyridine rings is 1. The predicted octanol–water partition coefficient (Wildman–Crippen LogP) is 1.87. The lowest BCUT2D eigenvalue weighted by molar-refractivity contribution is 0.255. The van der Waals surface area contributed by atoms with Crippen LogP contribution in [0.25, 0.3) is 0 Å². The van der Waals surface area contributed by atoms with Gasteiger partial charge in [-0.3, -0.25) is 0 Å². The number of nitrogens with two attached hydrogens (primary N) is 1. The second kappa shape index (κ2) is 7.06. The van der Waals surface area contributed by atoms with E-state index in [1.807, 2.05) is 12.1 Å². The normalized spacial score (nSPS) is 12.4. The standard InChI is InChI=1S/C12H21N3O/c1-2-3-10(5-7-16)9-15-11-4-6-14-12(13)8-11/h4,6,8,10,16H,2-3,5,7,9H2,1H3,(H3,13,14,15). The molecule has 0 radical (unpaired) electrons. The molecule has 0 spiro atoms. The maximum Gasteiger partial charge on any atom is 0.125 e. The van der Waals surface area contributed by atoms with Crippen LogP contribution in [-0.4, -0.2) is 23.2 Å². The molecule has 4 heteroatoms. The lowest BCUT2D eigenvalue weighted by Crippen LogP contribution is -2.15. The van der Waals surface area contributed by atoms with Gasteiger partial charge >= 0.3 is 0 Å². The Kier molecular flexibility index (Phi) is 5.64. The van der Waals surface area contributed by atoms with E-state index in [0.29, 0.717) is 11.7 Å². The van der Waals surface area contributed by atoms with E-state index >= 15 is 0 Å². The van der Waals surface area contributed by atoms with Crippen molar-refractivity contribution in [2.75, 3.05) is 24.2 Å². The summed E-state index contributed by atoms with van der Waals surface area (Å²) in [5.41, 5.74) is 6.58. The monoisotopic (exact) mass is 223 g/mol. The number of hydrogen-bond donors (Lipinski definition) is 3. The number of aliphatic hydroxyl groups is 1. The lowest BCUT2D eigenvalue weighted by Gasteiger charge is -2.16. The Hall–Kier alpha value is -1.29. The molecule has 16 heavy (non-hydrogen) atoms. The molecule has 0 bridgehead atoms. The molecule has 0 saturated carbocycles. The minimum Gasteiger partial charge on any atom is -0.396 e. The quantitative estimate of drug-likeness (QED) is 0.660. The summed E-state index contributed by atoms with van der Waals surface area (Å²) in [6.45, 7) is 3.29. The van der Waals surface area contributed by atoms with Crippen LogP contribution in [0.2, 0.25) is 0 Å². The zero-order chi connectivity index (χ0) is 11.8. The fourth-order valence-corrected chi connectivity index (χ4v) is 1.76. The summed E-state index contributed by atoms with van der Waals surface area (Å²) in [7, 11) is 0. The van der Waals surface area contributed by atoms with Crippen LogP contribution < -0.4 is 11.1 Å². The lowest BCUT2D eigenvalue weighted by atomic mass is 10.0. The largest absolute Gasteiger partial charge is 0.396 e. The van der Waals surface area contributed by atoms with Gasteiger partial charge in [0.2, 0.25) is 0 Å². The van der Waals surface area contributed by atoms with E-state index in [4.69, 9.17) is 10.8 Å². The molecule has 0 aliphatic carbocycles. The Balaban J connectivity index is 2.41. The molecule has 0 amide bonds. The van der Waals surface area contributed by atoms with Crippen molar-refractivity contribution < 1.29 is 5.11 Å². The van der Waals surface area contributed by atoms with Crippen molar-refractivity contribution in [3.63, 3.8) is 0 Å². The van der Waals surface area contributed by atoms with E-state index in [1.165, 1.54) is 0 Å². The van der Waals surface area contributed by atoms with Gasteiger partial charge in [0.15, 0.2) is 0 Å². The van der Waals surface area contributed by atoms with Gasteiger partial charge < -0.3 is 16.2 Å². The van der Waals surface area contributed by atoms with Crippen molar-refractivity contribution >= 4 is 11.5 Å². The van der Waals surface area contributed by atoms with Gasteiger partial charge in [0, 0.05) is 31.1 Å². The predicted molar refractivity (Wildman–Crippen MR) is 67.2 cm³/mol. The van der Waals surface area contributed by atoms with Crippen LogP contribution in [0.4, 0.5) is 11.5 Å². The molecule has 1 heterocycles. The smallest absolute Gasteiger partial charge is 0.125 e. The van der Waals surface area contributed by atoms with Gasteiger partial charge in [-0.2, -0.15) is 0 Å². The summed E-state index contributed by atoms with van der Waals surface area (Å²) in [5.74, 6) is 1.04. The van der Waals surface area contributed by atoms with Gasteiger partial charge in [-0.1, -0.05) is 13.3 Å². The molecule has 0 saturated heterocycles. The zero-order valence-electron chi connectivity index (χ0n) is 9.82. The summed E-state index contributed by atoms with van der Waals surface area (Å²) in [6, 6.07) is 3.72. The summed E-state index contributed by atoms with van der Waals surface area (Å²) in [4.78, 5) is 3.94. The van der Waals surface area contributed by atoms with Gasteiger partial charge in [0.25, 0.3) is 0 Å². The van der Waals surface area contributed by atoms with E-state index in [-0.39, 0.29) is 6.61 Å². The highest BCUT2D eigenvalue weighted by Crippen LogP contribution is 2.14. The number of rotatable bonds is 7. The number of anilines is 2. The van der Waals surface area contributed by atoms with Gasteiger partial charge in [-0.25, -0.2) is 4.98 Å². The van der Waals surface area contributed by atoms with E-state index in [0.717, 1.165) is 31.5 Å². The van der Waals surface area contributed by atoms with Crippen LogP contribution in [0, 0.1) is 5.92 Å². The summed E-state index contributed by atoms with van der Waals surface area (Å²) in [5, 5.41) is 12.3. The number of nitrogens with zero attached hydrogens (tertiary/aromatic N) is 1. The van der Waals surface area contributed by atoms with Crippen LogP contribution in [0.15, 0.2) is 18.3 Å². The fourth-order valence-electron chi connectivity index (χ4n) is 1.76. The highest BCUT2D eigenvalue weighted by atomic mass is 16.3. The van der Waals surface area contributed by atoms with Gasteiger partial charge in [-0.15, -0.1) is 0 Å². The minimum absolute atomic E-state index is 0.255. The summed E-state index contributed by atoms with van der Waals surface area (Å²) in [6.07, 6.45) is 4.82. The topological polar surface area (TPSA) is 71.2 Å². The molecule has 4 N–H and O–H groups in total. The second-order valence-electron chi connectivity index (χ2n) is 4.02. The first kappa shape index (κ1) is 12.8. The molecule has 1 rings (SSSR count). The molecular formula is C12H21N3O. The van der Waals surface area contributed by atoms with E-state index in [9.17, 15) is 0 Å². The molecule has 0 fully saturated rings. The summed E-state index contributed by atoms with van der Waals surface area (Å²) < 4.78 is 0. The van der Waals surface area contributed by atoms with Crippen LogP contribution in [-0.2, 0) is 0 Å². The molecule has 0 aliphatic rings. The highest BCUT2D eigenvalue weighted by Gasteiger charge is 2.06. The first-order valence-corrected chi connectivity index (χ1v) is 5.82. The van der Waals surface area contributed by atoms with Crippen LogP contribution >= 0.6 is 0 Å². The Morgan fingerprint density at radius 3 is 2.94 bits per heavy atom. The Labute approximate surface area is 96.9 Å². The van der Waals surface area contributed by atoms with Crippen molar-refractivity contribution in [3.05, 3.63) is 18.3 Å². The molecular weight excluding hydrogens is 202 g/mol. The Bertz CT molecular complexity index is 298. The maximum absolute atomic E-state index is 8.95. The minimum atomic E-state index is 0.255. The zero-order valence-corrected chi connectivity index (χ0v) is 9.82. The molecule has 4 nitrogen and oxygen atoms in total. The Morgan fingerprint density at radius 2 is 2.31 bits per heavy atom. The third-order valence-corrected chi connectivity index (χ3v) is 2.61. The molecule has 0 aromatic carbocycles. The number of aromatic nitrogens is 1. The number of nitrogens with one attached hydrogen (secondary N) is 1. The van der Waals surface area contributed by atoms with Crippen molar-refractivity contribution in [3.8, 4) is 0 Å². The van der Waals surface area contributed by atoms with Crippen molar-refractivity contribution in [1.82, 2.24) is 4.98 Å². The molecule has 1 aromatic rings. The van der Waals surface area contributed by atoms with E-state index < -0.39 is 0 Å². The second-order valence-corrected chi connectivity index (χ2v) is 4.02. The third-order valence-electron chi connectivity index (χ3n) is 2.61. The van der Waals surface area contributed by atoms with Crippen molar-refractivity contribution in [1.29, 1.82) is 0 Å². The molecule has 1 aromatic heterocycles. The average Bonchev–Trinajstić information content (AvgIpc) is 2.27. The SMILES string of the molecule is CCCC(CCO)CNc1ccnc(N)c1. The highest BCUT2D eigenvalue weighted by molar-refractivity contribution is 5.49. The van der Waals surface area contributed by atoms with Crippen LogP contribution in [0.3, 0.4) is 0 Å². The molecule has 1 unspecified atom stereocenters. The van der Waals surface area contributed by atoms with Crippen LogP contribution in [0.1, 0.15) is 26.2 Å². The van der Waals surface area contributed by atoms with Gasteiger partial charge in [0.1, 0.15) is 5.82 Å². The van der Waals surface area contributed by atoms with E-state index in [1.54, 1.807) is 6.20 Å². The maximum atomic E-state index is 8.95.